The molecule has 0 aromatic heterocycles. The van der Waals surface area contributed by atoms with E-state index in [2.05, 4.69) is 15.1 Å². The third-order valence-corrected chi connectivity index (χ3v) is 4.52. The number of azo groups is 1. The molecule has 3 rings (SSSR count). The summed E-state index contributed by atoms with van der Waals surface area (Å²) in [5, 5.41) is 29.6. The van der Waals surface area contributed by atoms with Crippen LogP contribution in [0.25, 0.3) is 0 Å². The Morgan fingerprint density at radius 2 is 1.55 bits per heavy atom. The lowest BCUT2D eigenvalue weighted by Crippen LogP contribution is -2.21. The minimum absolute atomic E-state index is 0.396. The van der Waals surface area contributed by atoms with E-state index in [1.807, 2.05) is 49.4 Å². The third-order valence-electron chi connectivity index (χ3n) is 4.52. The summed E-state index contributed by atoms with van der Waals surface area (Å²) in [4.78, 5) is 22.2. The molecule has 10 heteroatoms. The zero-order valence-corrected chi connectivity index (χ0v) is 16.5. The number of benzene rings is 3. The number of nitro groups is 2. The summed E-state index contributed by atoms with van der Waals surface area (Å²) < 4.78 is 13.9. The van der Waals surface area contributed by atoms with E-state index >= 15 is 0 Å². The molecule has 0 bridgehead atoms. The summed E-state index contributed by atoms with van der Waals surface area (Å²) >= 11 is 0. The van der Waals surface area contributed by atoms with E-state index in [0.717, 1.165) is 18.8 Å². The first kappa shape index (κ1) is 21.5. The van der Waals surface area contributed by atoms with Crippen LogP contribution in [0.1, 0.15) is 12.5 Å². The lowest BCUT2D eigenvalue weighted by molar-refractivity contribution is -0.395. The second-order valence-electron chi connectivity index (χ2n) is 6.52. The van der Waals surface area contributed by atoms with Gasteiger partial charge in [0.05, 0.1) is 21.6 Å². The summed E-state index contributed by atoms with van der Waals surface area (Å²) in [6.07, 6.45) is 0. The third kappa shape index (κ3) is 5.24. The number of nitrogens with zero attached hydrogens (tertiary/aromatic N) is 5. The van der Waals surface area contributed by atoms with E-state index in [1.165, 1.54) is 5.56 Å². The average Bonchev–Trinajstić information content (AvgIpc) is 2.76. The molecule has 3 aromatic rings. The monoisotopic (exact) mass is 423 g/mol. The molecular formula is C21H18FN5O4. The smallest absolute Gasteiger partial charge is 0.311 e. The number of halogens is 1. The molecule has 0 fully saturated rings. The fourth-order valence-electron chi connectivity index (χ4n) is 2.94. The second kappa shape index (κ2) is 9.53. The van der Waals surface area contributed by atoms with Gasteiger partial charge in [-0.15, -0.1) is 5.11 Å². The first-order valence-electron chi connectivity index (χ1n) is 9.32. The Hall–Kier alpha value is -4.21. The fourth-order valence-corrected chi connectivity index (χ4v) is 2.94. The molecule has 0 atom stereocenters. The van der Waals surface area contributed by atoms with E-state index in [0.29, 0.717) is 17.8 Å². The summed E-state index contributed by atoms with van der Waals surface area (Å²) in [7, 11) is 0. The highest BCUT2D eigenvalue weighted by atomic mass is 19.1. The summed E-state index contributed by atoms with van der Waals surface area (Å²) in [5.41, 5.74) is 0.420. The molecule has 0 aliphatic carbocycles. The van der Waals surface area contributed by atoms with E-state index in [-0.39, 0.29) is 0 Å². The second-order valence-corrected chi connectivity index (χ2v) is 6.52. The van der Waals surface area contributed by atoms with Crippen LogP contribution in [0.5, 0.6) is 0 Å². The van der Waals surface area contributed by atoms with Gasteiger partial charge in [-0.05, 0) is 36.8 Å². The lowest BCUT2D eigenvalue weighted by Gasteiger charge is -2.23. The largest absolute Gasteiger partial charge is 0.367 e. The predicted molar refractivity (Wildman–Crippen MR) is 113 cm³/mol. The predicted octanol–water partition coefficient (Wildman–Crippen LogP) is 6.08. The molecule has 0 unspecified atom stereocenters. The normalized spacial score (nSPS) is 10.9. The van der Waals surface area contributed by atoms with Crippen molar-refractivity contribution >= 4 is 28.4 Å². The zero-order chi connectivity index (χ0) is 22.4. The maximum Gasteiger partial charge on any atom is 0.311 e. The van der Waals surface area contributed by atoms with Gasteiger partial charge < -0.3 is 4.90 Å². The molecule has 0 aliphatic rings. The number of nitro benzene ring substituents is 2. The summed E-state index contributed by atoms with van der Waals surface area (Å²) in [6, 6.07) is 18.2. The van der Waals surface area contributed by atoms with Gasteiger partial charge in [-0.1, -0.05) is 30.3 Å². The van der Waals surface area contributed by atoms with Crippen molar-refractivity contribution in [3.05, 3.63) is 98.3 Å². The minimum Gasteiger partial charge on any atom is -0.367 e. The lowest BCUT2D eigenvalue weighted by atomic mass is 10.2. The summed E-state index contributed by atoms with van der Waals surface area (Å²) in [6.45, 7) is 3.55. The van der Waals surface area contributed by atoms with Crippen LogP contribution in [0, 0.1) is 26.0 Å². The zero-order valence-electron chi connectivity index (χ0n) is 16.5. The van der Waals surface area contributed by atoms with Crippen molar-refractivity contribution in [2.45, 2.75) is 13.5 Å². The maximum atomic E-state index is 13.9. The molecule has 0 spiro atoms. The first-order chi connectivity index (χ1) is 14.9. The van der Waals surface area contributed by atoms with Crippen LogP contribution in [0.15, 0.2) is 77.0 Å². The van der Waals surface area contributed by atoms with Crippen molar-refractivity contribution in [2.75, 3.05) is 11.4 Å². The molecule has 3 aromatic carbocycles. The van der Waals surface area contributed by atoms with E-state index < -0.39 is 32.7 Å². The molecule has 158 valence electrons. The molecule has 0 N–H and O–H groups in total. The molecule has 31 heavy (non-hydrogen) atoms. The number of hydrogen-bond acceptors (Lipinski definition) is 7. The molecule has 0 radical (unpaired) electrons. The fraction of sp³-hybridized carbons (Fsp3) is 0.143. The molecular weight excluding hydrogens is 405 g/mol. The van der Waals surface area contributed by atoms with Crippen LogP contribution in [-0.2, 0) is 6.54 Å². The van der Waals surface area contributed by atoms with Gasteiger partial charge in [0.2, 0.25) is 5.82 Å². The Bertz CT molecular complexity index is 1120. The summed E-state index contributed by atoms with van der Waals surface area (Å²) in [5.74, 6) is -1.22. The number of anilines is 1. The van der Waals surface area contributed by atoms with Crippen LogP contribution in [0.4, 0.5) is 32.8 Å². The van der Waals surface area contributed by atoms with Gasteiger partial charge in [0.15, 0.2) is 5.69 Å². The van der Waals surface area contributed by atoms with Gasteiger partial charge in [-0.25, -0.2) is 0 Å². The average molecular weight is 423 g/mol. The SMILES string of the molecule is CCN(Cc1ccccc1)c1ccc(/N=N/c2cc(F)c([N+](=O)[O-])cc2[N+](=O)[O-])cc1. The molecule has 9 nitrogen and oxygen atoms in total. The van der Waals surface area contributed by atoms with E-state index in [4.69, 9.17) is 0 Å². The molecule has 0 saturated heterocycles. The Labute approximate surface area is 176 Å². The highest BCUT2D eigenvalue weighted by molar-refractivity contribution is 5.62. The van der Waals surface area contributed by atoms with Gasteiger partial charge in [0.25, 0.3) is 0 Å². The van der Waals surface area contributed by atoms with Gasteiger partial charge in [-0.2, -0.15) is 9.50 Å². The van der Waals surface area contributed by atoms with Gasteiger partial charge in [-0.3, -0.25) is 20.2 Å². The molecule has 0 heterocycles. The van der Waals surface area contributed by atoms with Crippen molar-refractivity contribution in [1.82, 2.24) is 0 Å². The Balaban J connectivity index is 1.81. The highest BCUT2D eigenvalue weighted by Crippen LogP contribution is 2.35. The number of hydrogen-bond donors (Lipinski definition) is 0. The quantitative estimate of drug-likeness (QED) is 0.247. The number of rotatable bonds is 8. The van der Waals surface area contributed by atoms with Crippen molar-refractivity contribution in [3.8, 4) is 0 Å². The Kier molecular flexibility index (Phi) is 6.61. The molecule has 0 amide bonds. The van der Waals surface area contributed by atoms with Crippen LogP contribution < -0.4 is 4.90 Å². The highest BCUT2D eigenvalue weighted by Gasteiger charge is 2.24. The van der Waals surface area contributed by atoms with Gasteiger partial charge in [0.1, 0.15) is 0 Å². The topological polar surface area (TPSA) is 114 Å². The minimum atomic E-state index is -1.22. The molecule has 0 saturated carbocycles. The molecule has 0 aliphatic heterocycles. The van der Waals surface area contributed by atoms with E-state index in [9.17, 15) is 24.6 Å². The first-order valence-corrected chi connectivity index (χ1v) is 9.32. The van der Waals surface area contributed by atoms with Crippen molar-refractivity contribution < 1.29 is 14.2 Å². The van der Waals surface area contributed by atoms with Crippen LogP contribution >= 0.6 is 0 Å². The van der Waals surface area contributed by atoms with Crippen molar-refractivity contribution in [3.63, 3.8) is 0 Å². The van der Waals surface area contributed by atoms with Crippen LogP contribution in [0.3, 0.4) is 0 Å². The Morgan fingerprint density at radius 1 is 0.903 bits per heavy atom. The van der Waals surface area contributed by atoms with Gasteiger partial charge in [0, 0.05) is 24.8 Å². The maximum absolute atomic E-state index is 13.9. The van der Waals surface area contributed by atoms with Crippen LogP contribution in [-0.4, -0.2) is 16.4 Å². The Morgan fingerprint density at radius 3 is 2.13 bits per heavy atom. The standard InChI is InChI=1S/C21H18FN5O4/c1-2-25(14-15-6-4-3-5-7-15)17-10-8-16(9-11-17)23-24-19-12-18(22)20(26(28)29)13-21(19)27(30)31/h3-13H,2,14H2,1H3/b24-23+. The van der Waals surface area contributed by atoms with Crippen molar-refractivity contribution in [1.29, 1.82) is 0 Å². The van der Waals surface area contributed by atoms with Gasteiger partial charge >= 0.3 is 11.4 Å². The van der Waals surface area contributed by atoms with Crippen LogP contribution in [0.2, 0.25) is 0 Å². The van der Waals surface area contributed by atoms with E-state index in [1.54, 1.807) is 12.1 Å². The van der Waals surface area contributed by atoms with Crippen molar-refractivity contribution in [2.24, 2.45) is 10.2 Å².